The third kappa shape index (κ3) is 4.39. The molecule has 0 bridgehead atoms. The Kier molecular flexibility index (Phi) is 6.64. The molecule has 0 radical (unpaired) electrons. The van der Waals surface area contributed by atoms with E-state index in [1.54, 1.807) is 0 Å². The number of ether oxygens (including phenoxy) is 1. The normalized spacial score (nSPS) is 22.3. The predicted molar refractivity (Wildman–Crippen MR) is 128 cm³/mol. The van der Waals surface area contributed by atoms with Gasteiger partial charge >= 0.3 is 12.1 Å². The van der Waals surface area contributed by atoms with Gasteiger partial charge in [-0.25, -0.2) is 9.59 Å². The van der Waals surface area contributed by atoms with Crippen molar-refractivity contribution in [3.63, 3.8) is 0 Å². The fourth-order valence-electron chi connectivity index (χ4n) is 5.35. The summed E-state index contributed by atoms with van der Waals surface area (Å²) < 4.78 is 5.71. The molecule has 1 saturated carbocycles. The van der Waals surface area contributed by atoms with Crippen molar-refractivity contribution in [3.05, 3.63) is 59.7 Å². The summed E-state index contributed by atoms with van der Waals surface area (Å²) in [7, 11) is 1.50. The number of carbonyl (C=O) groups excluding carboxylic acids is 2. The first-order valence-electron chi connectivity index (χ1n) is 11.9. The van der Waals surface area contributed by atoms with Crippen LogP contribution >= 0.6 is 0 Å². The topological polar surface area (TPSA) is 95.9 Å². The smallest absolute Gasteiger partial charge is 0.407 e. The lowest BCUT2D eigenvalue weighted by molar-refractivity contribution is -0.151. The molecule has 180 valence electrons. The maximum Gasteiger partial charge on any atom is 0.407 e. The highest BCUT2D eigenvalue weighted by atomic mass is 16.5. The van der Waals surface area contributed by atoms with E-state index in [0.717, 1.165) is 35.1 Å². The number of nitrogens with one attached hydrogen (secondary N) is 1. The highest BCUT2D eigenvalue weighted by Gasteiger charge is 2.44. The van der Waals surface area contributed by atoms with E-state index in [9.17, 15) is 19.5 Å². The van der Waals surface area contributed by atoms with Gasteiger partial charge in [-0.3, -0.25) is 4.79 Å². The van der Waals surface area contributed by atoms with Gasteiger partial charge in [-0.15, -0.1) is 0 Å². The van der Waals surface area contributed by atoms with E-state index in [2.05, 4.69) is 29.6 Å². The number of aliphatic carboxylic acids is 1. The Hall–Kier alpha value is -3.35. The molecule has 3 atom stereocenters. The third-order valence-corrected chi connectivity index (χ3v) is 7.52. The number of amides is 2. The molecule has 0 aromatic heterocycles. The van der Waals surface area contributed by atoms with Crippen molar-refractivity contribution >= 4 is 18.0 Å². The van der Waals surface area contributed by atoms with Crippen LogP contribution in [0.5, 0.6) is 0 Å². The molecular weight excluding hydrogens is 432 g/mol. The van der Waals surface area contributed by atoms with Crippen LogP contribution in [-0.4, -0.2) is 53.2 Å². The zero-order valence-corrected chi connectivity index (χ0v) is 19.9. The van der Waals surface area contributed by atoms with E-state index in [-0.39, 0.29) is 18.4 Å². The number of hydrogen-bond acceptors (Lipinski definition) is 4. The molecular formula is C27H32N2O5. The Morgan fingerprint density at radius 1 is 1.09 bits per heavy atom. The zero-order chi connectivity index (χ0) is 24.5. The summed E-state index contributed by atoms with van der Waals surface area (Å²) in [4.78, 5) is 38.7. The number of fused-ring (bicyclic) bond motifs is 3. The van der Waals surface area contributed by atoms with E-state index in [1.165, 1.54) is 18.9 Å². The number of carboxylic acid groups (broad SMARTS) is 1. The Morgan fingerprint density at radius 3 is 2.26 bits per heavy atom. The highest BCUT2D eigenvalue weighted by Crippen LogP contribution is 2.44. The standard InChI is InChI=1S/C27H32N2O5/c1-17(25(31)32)29(3)24(30)23-14-8-9-15-27(23,2)28-26(33)34-16-22-20-12-6-4-10-18(20)19-11-5-7-13-21(19)22/h4-7,10-13,17,22-23H,8-9,14-16H2,1-3H3,(H,28,33)(H,31,32)/t17-,23?,27?/m0/s1. The number of likely N-dealkylation sites (N-methyl/N-ethyl adjacent to an activating group) is 1. The number of carboxylic acids is 1. The maximum atomic E-state index is 13.2. The van der Waals surface area contributed by atoms with E-state index >= 15 is 0 Å². The zero-order valence-electron chi connectivity index (χ0n) is 19.9. The van der Waals surface area contributed by atoms with Gasteiger partial charge in [0.05, 0.1) is 11.5 Å². The molecule has 34 heavy (non-hydrogen) atoms. The number of rotatable bonds is 6. The lowest BCUT2D eigenvalue weighted by Crippen LogP contribution is -2.59. The van der Waals surface area contributed by atoms with Crippen LogP contribution in [-0.2, 0) is 14.3 Å². The second-order valence-corrected chi connectivity index (χ2v) is 9.63. The van der Waals surface area contributed by atoms with E-state index in [4.69, 9.17) is 4.74 Å². The summed E-state index contributed by atoms with van der Waals surface area (Å²) >= 11 is 0. The van der Waals surface area contributed by atoms with Gasteiger partial charge in [0.25, 0.3) is 0 Å². The molecule has 0 aliphatic heterocycles. The molecule has 7 heteroatoms. The van der Waals surface area contributed by atoms with E-state index in [1.807, 2.05) is 31.2 Å². The summed E-state index contributed by atoms with van der Waals surface area (Å²) in [6.45, 7) is 3.54. The number of hydrogen-bond donors (Lipinski definition) is 2. The SMILES string of the molecule is C[C@@H](C(=O)O)N(C)C(=O)C1CCCCC1(C)NC(=O)OCC1c2ccccc2-c2ccccc21. The molecule has 7 nitrogen and oxygen atoms in total. The van der Waals surface area contributed by atoms with Gasteiger partial charge in [-0.1, -0.05) is 61.4 Å². The molecule has 2 amide bonds. The first-order valence-corrected chi connectivity index (χ1v) is 11.9. The van der Waals surface area contributed by atoms with Gasteiger partial charge in [0.2, 0.25) is 5.91 Å². The van der Waals surface area contributed by atoms with Gasteiger partial charge in [-0.2, -0.15) is 0 Å². The minimum atomic E-state index is -1.06. The van der Waals surface area contributed by atoms with Crippen molar-refractivity contribution in [1.82, 2.24) is 10.2 Å². The molecule has 1 fully saturated rings. The Bertz CT molecular complexity index is 1050. The maximum absolute atomic E-state index is 13.2. The van der Waals surface area contributed by atoms with Gasteiger partial charge in [-0.05, 0) is 48.9 Å². The van der Waals surface area contributed by atoms with Crippen LogP contribution in [0.25, 0.3) is 11.1 Å². The van der Waals surface area contributed by atoms with Gasteiger partial charge in [0, 0.05) is 13.0 Å². The summed E-state index contributed by atoms with van der Waals surface area (Å²) in [6, 6.07) is 15.4. The third-order valence-electron chi connectivity index (χ3n) is 7.52. The van der Waals surface area contributed by atoms with Gasteiger partial charge < -0.3 is 20.1 Å². The first kappa shape index (κ1) is 23.8. The minimum absolute atomic E-state index is 0.0442. The molecule has 2 N–H and O–H groups in total. The number of alkyl carbamates (subject to hydrolysis) is 1. The second kappa shape index (κ2) is 9.49. The fraction of sp³-hybridized carbons (Fsp3) is 0.444. The highest BCUT2D eigenvalue weighted by molar-refractivity contribution is 5.86. The summed E-state index contributed by atoms with van der Waals surface area (Å²) in [5, 5.41) is 12.3. The number of carbonyl (C=O) groups is 3. The summed E-state index contributed by atoms with van der Waals surface area (Å²) in [5.41, 5.74) is 3.79. The molecule has 2 aromatic carbocycles. The summed E-state index contributed by atoms with van der Waals surface area (Å²) in [5.74, 6) is -1.88. The average molecular weight is 465 g/mol. The van der Waals surface area contributed by atoms with Crippen LogP contribution < -0.4 is 5.32 Å². The molecule has 4 rings (SSSR count). The number of benzene rings is 2. The van der Waals surface area contributed by atoms with Crippen LogP contribution in [0.15, 0.2) is 48.5 Å². The number of nitrogens with zero attached hydrogens (tertiary/aromatic N) is 1. The van der Waals surface area contributed by atoms with Crippen molar-refractivity contribution < 1.29 is 24.2 Å². The van der Waals surface area contributed by atoms with Crippen molar-refractivity contribution in [3.8, 4) is 11.1 Å². The molecule has 2 aliphatic carbocycles. The molecule has 0 heterocycles. The van der Waals surface area contributed by atoms with Crippen molar-refractivity contribution in [2.45, 2.75) is 57.0 Å². The van der Waals surface area contributed by atoms with Crippen LogP contribution in [0, 0.1) is 5.92 Å². The predicted octanol–water partition coefficient (Wildman–Crippen LogP) is 4.41. The van der Waals surface area contributed by atoms with Crippen LogP contribution in [0.4, 0.5) is 4.79 Å². The average Bonchev–Trinajstić information content (AvgIpc) is 3.15. The second-order valence-electron chi connectivity index (χ2n) is 9.63. The lowest BCUT2D eigenvalue weighted by Gasteiger charge is -2.42. The van der Waals surface area contributed by atoms with Crippen molar-refractivity contribution in [1.29, 1.82) is 0 Å². The lowest BCUT2D eigenvalue weighted by atomic mass is 9.73. The Morgan fingerprint density at radius 2 is 1.68 bits per heavy atom. The quantitative estimate of drug-likeness (QED) is 0.660. The Balaban J connectivity index is 1.46. The molecule has 2 aliphatic rings. The summed E-state index contributed by atoms with van der Waals surface area (Å²) in [6.07, 6.45) is 2.40. The Labute approximate surface area is 200 Å². The van der Waals surface area contributed by atoms with Crippen LogP contribution in [0.3, 0.4) is 0 Å². The minimum Gasteiger partial charge on any atom is -0.480 e. The molecule has 0 saturated heterocycles. The van der Waals surface area contributed by atoms with E-state index in [0.29, 0.717) is 12.8 Å². The van der Waals surface area contributed by atoms with Crippen LogP contribution in [0.1, 0.15) is 56.6 Å². The monoisotopic (exact) mass is 464 g/mol. The van der Waals surface area contributed by atoms with E-state index < -0.39 is 29.6 Å². The van der Waals surface area contributed by atoms with Crippen molar-refractivity contribution in [2.24, 2.45) is 5.92 Å². The molecule has 0 spiro atoms. The molecule has 2 unspecified atom stereocenters. The largest absolute Gasteiger partial charge is 0.480 e. The fourth-order valence-corrected chi connectivity index (χ4v) is 5.35. The van der Waals surface area contributed by atoms with Gasteiger partial charge in [0.1, 0.15) is 12.6 Å². The molecule has 2 aromatic rings. The van der Waals surface area contributed by atoms with Crippen LogP contribution in [0.2, 0.25) is 0 Å². The van der Waals surface area contributed by atoms with Gasteiger partial charge in [0.15, 0.2) is 0 Å². The van der Waals surface area contributed by atoms with Crippen molar-refractivity contribution in [2.75, 3.05) is 13.7 Å². The first-order chi connectivity index (χ1) is 16.2.